The largest absolute Gasteiger partial charge is 0.473 e. The maximum atomic E-state index is 8.41. The molecule has 0 saturated carbocycles. The van der Waals surface area contributed by atoms with Gasteiger partial charge in [0.15, 0.2) is 0 Å². The summed E-state index contributed by atoms with van der Waals surface area (Å²) in [6.07, 6.45) is 0. The molecule has 0 amide bonds. The molecule has 1 aromatic rings. The summed E-state index contributed by atoms with van der Waals surface area (Å²) in [5.74, 6) is 0.592. The molecule has 0 aliphatic carbocycles. The molecule has 0 radical (unpaired) electrons. The van der Waals surface area contributed by atoms with Crippen molar-refractivity contribution in [3.63, 3.8) is 0 Å². The van der Waals surface area contributed by atoms with Crippen LogP contribution in [0.25, 0.3) is 0 Å². The van der Waals surface area contributed by atoms with Gasteiger partial charge in [-0.2, -0.15) is 0 Å². The average molecular weight is 158 g/mol. The summed E-state index contributed by atoms with van der Waals surface area (Å²) in [5.41, 5.74) is 6.01. The molecule has 62 valence electrons. The first-order valence-electron chi connectivity index (χ1n) is 3.21. The fourth-order valence-electron chi connectivity index (χ4n) is 0.610. The van der Waals surface area contributed by atoms with E-state index in [2.05, 4.69) is 9.68 Å². The molecule has 0 aliphatic rings. The molecule has 1 heterocycles. The molecule has 0 bridgehead atoms. The molecule has 0 atom stereocenters. The highest BCUT2D eigenvalue weighted by Crippen LogP contribution is 2.21. The minimum absolute atomic E-state index is 0.0494. The van der Waals surface area contributed by atoms with E-state index in [1.165, 1.54) is 0 Å². The van der Waals surface area contributed by atoms with Crippen LogP contribution in [0.3, 0.4) is 0 Å². The minimum atomic E-state index is -0.0494. The van der Waals surface area contributed by atoms with Gasteiger partial charge in [-0.25, -0.2) is 0 Å². The van der Waals surface area contributed by atoms with Gasteiger partial charge in [-0.15, -0.1) is 0 Å². The van der Waals surface area contributed by atoms with Crippen LogP contribution in [-0.4, -0.2) is 23.5 Å². The Hall–Kier alpha value is -1.23. The number of rotatable bonds is 3. The highest BCUT2D eigenvalue weighted by Gasteiger charge is 2.08. The van der Waals surface area contributed by atoms with Crippen LogP contribution in [0.4, 0.5) is 5.88 Å². The zero-order valence-corrected chi connectivity index (χ0v) is 6.20. The van der Waals surface area contributed by atoms with Gasteiger partial charge >= 0.3 is 0 Å². The Kier molecular flexibility index (Phi) is 2.32. The van der Waals surface area contributed by atoms with E-state index in [0.29, 0.717) is 11.4 Å². The zero-order valence-electron chi connectivity index (χ0n) is 6.20. The number of ether oxygens (including phenoxy) is 1. The lowest BCUT2D eigenvalue weighted by molar-refractivity contribution is 0.190. The van der Waals surface area contributed by atoms with E-state index in [1.54, 1.807) is 6.92 Å². The van der Waals surface area contributed by atoms with Gasteiger partial charge in [-0.1, -0.05) is 0 Å². The van der Waals surface area contributed by atoms with Gasteiger partial charge < -0.3 is 20.1 Å². The molecular formula is C6H10N2O3. The van der Waals surface area contributed by atoms with E-state index < -0.39 is 0 Å². The van der Waals surface area contributed by atoms with Crippen molar-refractivity contribution in [2.75, 3.05) is 18.9 Å². The first-order valence-corrected chi connectivity index (χ1v) is 3.21. The third kappa shape index (κ3) is 1.62. The highest BCUT2D eigenvalue weighted by atomic mass is 16.5. The van der Waals surface area contributed by atoms with Gasteiger partial charge in [0.1, 0.15) is 6.61 Å². The number of aliphatic hydroxyl groups is 1. The quantitative estimate of drug-likeness (QED) is 0.643. The zero-order chi connectivity index (χ0) is 8.27. The Morgan fingerprint density at radius 2 is 2.45 bits per heavy atom. The van der Waals surface area contributed by atoms with Crippen molar-refractivity contribution in [3.8, 4) is 5.88 Å². The van der Waals surface area contributed by atoms with Crippen LogP contribution < -0.4 is 10.5 Å². The Labute approximate surface area is 63.7 Å². The van der Waals surface area contributed by atoms with E-state index >= 15 is 0 Å². The first kappa shape index (κ1) is 7.87. The standard InChI is InChI=1S/C6H10N2O3/c1-4-5(7)11-8-6(4)10-3-2-9/h9H,2-3,7H2,1H3. The monoisotopic (exact) mass is 158 g/mol. The molecule has 0 aliphatic heterocycles. The molecule has 0 aromatic carbocycles. The topological polar surface area (TPSA) is 81.5 Å². The normalized spacial score (nSPS) is 10.0. The maximum Gasteiger partial charge on any atom is 0.259 e. The van der Waals surface area contributed by atoms with Crippen molar-refractivity contribution >= 4 is 5.88 Å². The van der Waals surface area contributed by atoms with Crippen molar-refractivity contribution in [2.45, 2.75) is 6.92 Å². The predicted molar refractivity (Wildman–Crippen MR) is 38.2 cm³/mol. The van der Waals surface area contributed by atoms with Gasteiger partial charge in [0.2, 0.25) is 5.88 Å². The van der Waals surface area contributed by atoms with Crippen LogP contribution in [0.15, 0.2) is 4.52 Å². The van der Waals surface area contributed by atoms with Crippen LogP contribution >= 0.6 is 0 Å². The molecule has 0 unspecified atom stereocenters. The molecule has 1 rings (SSSR count). The second-order valence-electron chi connectivity index (χ2n) is 2.05. The van der Waals surface area contributed by atoms with Crippen molar-refractivity contribution in [1.29, 1.82) is 0 Å². The molecule has 5 heteroatoms. The number of aliphatic hydroxyl groups excluding tert-OH is 1. The number of nitrogens with zero attached hydrogens (tertiary/aromatic N) is 1. The minimum Gasteiger partial charge on any atom is -0.473 e. The Morgan fingerprint density at radius 1 is 1.73 bits per heavy atom. The fraction of sp³-hybridized carbons (Fsp3) is 0.500. The summed E-state index contributed by atoms with van der Waals surface area (Å²) in [7, 11) is 0. The van der Waals surface area contributed by atoms with E-state index in [9.17, 15) is 0 Å². The number of anilines is 1. The van der Waals surface area contributed by atoms with Gasteiger partial charge in [0.05, 0.1) is 12.2 Å². The van der Waals surface area contributed by atoms with Crippen LogP contribution in [0.1, 0.15) is 5.56 Å². The fourth-order valence-corrected chi connectivity index (χ4v) is 0.610. The van der Waals surface area contributed by atoms with Crippen molar-refractivity contribution in [2.24, 2.45) is 0 Å². The van der Waals surface area contributed by atoms with E-state index in [4.69, 9.17) is 15.6 Å². The van der Waals surface area contributed by atoms with Crippen LogP contribution in [0, 0.1) is 6.92 Å². The molecule has 0 spiro atoms. The van der Waals surface area contributed by atoms with Crippen molar-refractivity contribution < 1.29 is 14.4 Å². The third-order valence-corrected chi connectivity index (χ3v) is 1.25. The van der Waals surface area contributed by atoms with Crippen molar-refractivity contribution in [3.05, 3.63) is 5.56 Å². The molecular weight excluding hydrogens is 148 g/mol. The van der Waals surface area contributed by atoms with Gasteiger partial charge in [0, 0.05) is 0 Å². The Balaban J connectivity index is 2.63. The van der Waals surface area contributed by atoms with Gasteiger partial charge in [0.25, 0.3) is 5.88 Å². The summed E-state index contributed by atoms with van der Waals surface area (Å²) < 4.78 is 9.59. The number of nitrogen functional groups attached to an aromatic ring is 1. The predicted octanol–water partition coefficient (Wildman–Crippen LogP) is -0.0637. The summed E-state index contributed by atoms with van der Waals surface area (Å²) >= 11 is 0. The smallest absolute Gasteiger partial charge is 0.259 e. The number of aromatic nitrogens is 1. The molecule has 1 aromatic heterocycles. The Bertz CT molecular complexity index is 234. The summed E-state index contributed by atoms with van der Waals surface area (Å²) in [6, 6.07) is 0. The van der Waals surface area contributed by atoms with E-state index in [-0.39, 0.29) is 19.1 Å². The summed E-state index contributed by atoms with van der Waals surface area (Å²) in [4.78, 5) is 0. The second-order valence-corrected chi connectivity index (χ2v) is 2.05. The van der Waals surface area contributed by atoms with Gasteiger partial charge in [-0.3, -0.25) is 0 Å². The lowest BCUT2D eigenvalue weighted by Crippen LogP contribution is -2.02. The maximum absolute atomic E-state index is 8.41. The van der Waals surface area contributed by atoms with E-state index in [0.717, 1.165) is 0 Å². The number of nitrogens with two attached hydrogens (primary N) is 1. The molecule has 0 saturated heterocycles. The lowest BCUT2D eigenvalue weighted by Gasteiger charge is -1.97. The second kappa shape index (κ2) is 3.25. The average Bonchev–Trinajstić information content (AvgIpc) is 2.31. The molecule has 3 N–H and O–H groups in total. The lowest BCUT2D eigenvalue weighted by atomic mass is 10.4. The number of hydrogen-bond acceptors (Lipinski definition) is 5. The van der Waals surface area contributed by atoms with E-state index in [1.807, 2.05) is 0 Å². The summed E-state index contributed by atoms with van der Waals surface area (Å²) in [6.45, 7) is 1.89. The van der Waals surface area contributed by atoms with Crippen LogP contribution in [-0.2, 0) is 0 Å². The van der Waals surface area contributed by atoms with Crippen molar-refractivity contribution in [1.82, 2.24) is 5.16 Å². The van der Waals surface area contributed by atoms with Crippen LogP contribution in [0.5, 0.6) is 5.88 Å². The molecule has 5 nitrogen and oxygen atoms in total. The SMILES string of the molecule is Cc1c(OCCO)noc1N. The molecule has 0 fully saturated rings. The summed E-state index contributed by atoms with van der Waals surface area (Å²) in [5, 5.41) is 11.9. The highest BCUT2D eigenvalue weighted by molar-refractivity contribution is 5.40. The first-order chi connectivity index (χ1) is 5.25. The molecule has 11 heavy (non-hydrogen) atoms. The number of hydrogen-bond donors (Lipinski definition) is 2. The Morgan fingerprint density at radius 3 is 2.91 bits per heavy atom. The van der Waals surface area contributed by atoms with Crippen LogP contribution in [0.2, 0.25) is 0 Å². The third-order valence-electron chi connectivity index (χ3n) is 1.25. The van der Waals surface area contributed by atoms with Gasteiger partial charge in [-0.05, 0) is 12.1 Å².